The van der Waals surface area contributed by atoms with Crippen LogP contribution in [0.1, 0.15) is 12.5 Å². The standard InChI is InChI=1S/C22H21N3O2/c1-3-27-19-10-8-17(9-11-19)23-22-21(16-5-4-6-18(26)13-16)24-20-12-7-15(2)14-25(20)22/h4-14,23,26H,3H2,1-2H3. The number of pyridine rings is 1. The van der Waals surface area contributed by atoms with Crippen LogP contribution in [0.2, 0.25) is 0 Å². The number of nitrogens with one attached hydrogen (secondary N) is 1. The minimum Gasteiger partial charge on any atom is -0.508 e. The van der Waals surface area contributed by atoms with Crippen molar-refractivity contribution in [2.75, 3.05) is 11.9 Å². The van der Waals surface area contributed by atoms with Crippen molar-refractivity contribution < 1.29 is 9.84 Å². The van der Waals surface area contributed by atoms with Crippen molar-refractivity contribution in [2.45, 2.75) is 13.8 Å². The van der Waals surface area contributed by atoms with Gasteiger partial charge in [0.05, 0.1) is 6.61 Å². The molecule has 5 heteroatoms. The van der Waals surface area contributed by atoms with Gasteiger partial charge in [-0.2, -0.15) is 0 Å². The zero-order valence-electron chi connectivity index (χ0n) is 15.3. The highest BCUT2D eigenvalue weighted by Crippen LogP contribution is 2.33. The fourth-order valence-corrected chi connectivity index (χ4v) is 3.06. The van der Waals surface area contributed by atoms with Gasteiger partial charge in [0.15, 0.2) is 0 Å². The molecule has 5 nitrogen and oxygen atoms in total. The van der Waals surface area contributed by atoms with E-state index in [1.54, 1.807) is 12.1 Å². The first-order chi connectivity index (χ1) is 13.1. The van der Waals surface area contributed by atoms with E-state index >= 15 is 0 Å². The molecule has 0 aliphatic carbocycles. The minimum atomic E-state index is 0.216. The SMILES string of the molecule is CCOc1ccc(Nc2c(-c3cccc(O)c3)nc3ccc(C)cn23)cc1. The van der Waals surface area contributed by atoms with E-state index in [1.807, 2.05) is 73.0 Å². The van der Waals surface area contributed by atoms with Crippen molar-refractivity contribution in [3.8, 4) is 22.8 Å². The van der Waals surface area contributed by atoms with Crippen LogP contribution in [0.5, 0.6) is 11.5 Å². The number of imidazole rings is 1. The highest BCUT2D eigenvalue weighted by atomic mass is 16.5. The van der Waals surface area contributed by atoms with Crippen LogP contribution in [0, 0.1) is 6.92 Å². The van der Waals surface area contributed by atoms with E-state index in [4.69, 9.17) is 9.72 Å². The van der Waals surface area contributed by atoms with Crippen molar-refractivity contribution in [2.24, 2.45) is 0 Å². The molecule has 0 amide bonds. The fourth-order valence-electron chi connectivity index (χ4n) is 3.06. The van der Waals surface area contributed by atoms with Crippen molar-refractivity contribution in [1.29, 1.82) is 0 Å². The number of hydrogen-bond donors (Lipinski definition) is 2. The van der Waals surface area contributed by atoms with Gasteiger partial charge in [0, 0.05) is 17.4 Å². The molecule has 0 saturated heterocycles. The molecule has 0 bridgehead atoms. The van der Waals surface area contributed by atoms with Gasteiger partial charge in [-0.3, -0.25) is 4.40 Å². The Kier molecular flexibility index (Phi) is 4.42. The Morgan fingerprint density at radius 1 is 1.07 bits per heavy atom. The highest BCUT2D eigenvalue weighted by Gasteiger charge is 2.15. The first-order valence-electron chi connectivity index (χ1n) is 8.92. The number of phenols is 1. The zero-order valence-corrected chi connectivity index (χ0v) is 15.3. The molecule has 0 aliphatic rings. The Balaban J connectivity index is 1.81. The summed E-state index contributed by atoms with van der Waals surface area (Å²) in [6.45, 7) is 4.66. The summed E-state index contributed by atoms with van der Waals surface area (Å²) in [5.74, 6) is 1.90. The van der Waals surface area contributed by atoms with Gasteiger partial charge in [-0.05, 0) is 61.9 Å². The topological polar surface area (TPSA) is 58.8 Å². The van der Waals surface area contributed by atoms with Crippen LogP contribution in [0.4, 0.5) is 11.5 Å². The Labute approximate surface area is 157 Å². The number of aromatic nitrogens is 2. The van der Waals surface area contributed by atoms with Gasteiger partial charge in [0.2, 0.25) is 0 Å². The lowest BCUT2D eigenvalue weighted by atomic mass is 10.1. The van der Waals surface area contributed by atoms with E-state index in [2.05, 4.69) is 5.32 Å². The Hall–Kier alpha value is -3.47. The number of nitrogens with zero attached hydrogens (tertiary/aromatic N) is 2. The van der Waals surface area contributed by atoms with Gasteiger partial charge in [-0.25, -0.2) is 4.98 Å². The van der Waals surface area contributed by atoms with Crippen molar-refractivity contribution in [3.05, 3.63) is 72.4 Å². The molecule has 0 radical (unpaired) electrons. The number of anilines is 2. The molecule has 0 fully saturated rings. The smallest absolute Gasteiger partial charge is 0.143 e. The number of aryl methyl sites for hydroxylation is 1. The Morgan fingerprint density at radius 3 is 2.63 bits per heavy atom. The van der Waals surface area contributed by atoms with Gasteiger partial charge in [0.1, 0.15) is 28.7 Å². The molecular weight excluding hydrogens is 338 g/mol. The predicted octanol–water partition coefficient (Wildman–Crippen LogP) is 5.16. The van der Waals surface area contributed by atoms with Crippen molar-refractivity contribution >= 4 is 17.2 Å². The van der Waals surface area contributed by atoms with Crippen LogP contribution < -0.4 is 10.1 Å². The molecule has 27 heavy (non-hydrogen) atoms. The summed E-state index contributed by atoms with van der Waals surface area (Å²) in [6, 6.07) is 19.0. The molecule has 0 aliphatic heterocycles. The van der Waals surface area contributed by atoms with E-state index in [0.29, 0.717) is 6.61 Å². The summed E-state index contributed by atoms with van der Waals surface area (Å²) in [5.41, 5.74) is 4.54. The third kappa shape index (κ3) is 3.44. The quantitative estimate of drug-likeness (QED) is 0.517. The summed E-state index contributed by atoms with van der Waals surface area (Å²) in [6.07, 6.45) is 2.05. The molecule has 0 saturated carbocycles. The normalized spacial score (nSPS) is 10.9. The number of rotatable bonds is 5. The molecular formula is C22H21N3O2. The average molecular weight is 359 g/mol. The van der Waals surface area contributed by atoms with Crippen molar-refractivity contribution in [1.82, 2.24) is 9.38 Å². The van der Waals surface area contributed by atoms with Gasteiger partial charge in [-0.15, -0.1) is 0 Å². The van der Waals surface area contributed by atoms with E-state index in [1.165, 1.54) is 0 Å². The maximum atomic E-state index is 9.89. The second kappa shape index (κ2) is 7.03. The van der Waals surface area contributed by atoms with Crippen LogP contribution in [0.25, 0.3) is 16.9 Å². The first-order valence-corrected chi connectivity index (χ1v) is 8.92. The van der Waals surface area contributed by atoms with Crippen LogP contribution in [-0.2, 0) is 0 Å². The van der Waals surface area contributed by atoms with E-state index in [-0.39, 0.29) is 5.75 Å². The summed E-state index contributed by atoms with van der Waals surface area (Å²) < 4.78 is 7.55. The molecule has 0 unspecified atom stereocenters. The lowest BCUT2D eigenvalue weighted by molar-refractivity contribution is 0.340. The molecule has 136 valence electrons. The highest BCUT2D eigenvalue weighted by molar-refractivity contribution is 5.80. The molecule has 4 rings (SSSR count). The van der Waals surface area contributed by atoms with Gasteiger partial charge in [0.25, 0.3) is 0 Å². The molecule has 2 aromatic carbocycles. The lowest BCUT2D eigenvalue weighted by Gasteiger charge is -2.10. The van der Waals surface area contributed by atoms with Crippen molar-refractivity contribution in [3.63, 3.8) is 0 Å². The second-order valence-electron chi connectivity index (χ2n) is 6.38. The van der Waals surface area contributed by atoms with E-state index in [9.17, 15) is 5.11 Å². The van der Waals surface area contributed by atoms with Crippen LogP contribution >= 0.6 is 0 Å². The second-order valence-corrected chi connectivity index (χ2v) is 6.38. The van der Waals surface area contributed by atoms with Crippen LogP contribution in [0.3, 0.4) is 0 Å². The predicted molar refractivity (Wildman–Crippen MR) is 108 cm³/mol. The molecule has 2 aromatic heterocycles. The van der Waals surface area contributed by atoms with Gasteiger partial charge in [-0.1, -0.05) is 18.2 Å². The maximum absolute atomic E-state index is 9.89. The molecule has 4 aromatic rings. The Bertz CT molecular complexity index is 1080. The lowest BCUT2D eigenvalue weighted by Crippen LogP contribution is -1.98. The third-order valence-electron chi connectivity index (χ3n) is 4.31. The number of phenolic OH excluding ortho intramolecular Hbond substituents is 1. The molecule has 0 atom stereocenters. The number of ether oxygens (including phenoxy) is 1. The summed E-state index contributed by atoms with van der Waals surface area (Å²) in [4.78, 5) is 4.77. The van der Waals surface area contributed by atoms with Gasteiger partial charge >= 0.3 is 0 Å². The molecule has 2 N–H and O–H groups in total. The van der Waals surface area contributed by atoms with Crippen LogP contribution in [0.15, 0.2) is 66.9 Å². The summed E-state index contributed by atoms with van der Waals surface area (Å²) in [7, 11) is 0. The molecule has 0 spiro atoms. The minimum absolute atomic E-state index is 0.216. The summed E-state index contributed by atoms with van der Waals surface area (Å²) >= 11 is 0. The average Bonchev–Trinajstić information content (AvgIpc) is 3.01. The largest absolute Gasteiger partial charge is 0.508 e. The zero-order chi connectivity index (χ0) is 18.8. The number of fused-ring (bicyclic) bond motifs is 1. The number of hydrogen-bond acceptors (Lipinski definition) is 4. The number of aromatic hydroxyl groups is 1. The Morgan fingerprint density at radius 2 is 1.89 bits per heavy atom. The molecule has 2 heterocycles. The van der Waals surface area contributed by atoms with Crippen LogP contribution in [-0.4, -0.2) is 21.1 Å². The monoisotopic (exact) mass is 359 g/mol. The third-order valence-corrected chi connectivity index (χ3v) is 4.31. The van der Waals surface area contributed by atoms with Gasteiger partial charge < -0.3 is 15.2 Å². The summed E-state index contributed by atoms with van der Waals surface area (Å²) in [5, 5.41) is 13.4. The van der Waals surface area contributed by atoms with E-state index < -0.39 is 0 Å². The number of benzene rings is 2. The first kappa shape index (κ1) is 17.0. The fraction of sp³-hybridized carbons (Fsp3) is 0.136. The maximum Gasteiger partial charge on any atom is 0.143 e. The van der Waals surface area contributed by atoms with E-state index in [0.717, 1.165) is 39.7 Å².